The van der Waals surface area contributed by atoms with Crippen molar-refractivity contribution in [1.82, 2.24) is 0 Å². The summed E-state index contributed by atoms with van der Waals surface area (Å²) >= 11 is 0. The van der Waals surface area contributed by atoms with Crippen molar-refractivity contribution in [1.29, 1.82) is 0 Å². The molecule has 2 fully saturated rings. The Labute approximate surface area is 118 Å². The van der Waals surface area contributed by atoms with Gasteiger partial charge in [0, 0.05) is 23.8 Å². The third kappa shape index (κ3) is 2.44. The highest BCUT2D eigenvalue weighted by Gasteiger charge is 2.42. The summed E-state index contributed by atoms with van der Waals surface area (Å²) < 4.78 is 19.3. The van der Waals surface area contributed by atoms with Crippen LogP contribution in [0.25, 0.3) is 0 Å². The minimum atomic E-state index is -0.412. The molecule has 1 aliphatic carbocycles. The maximum Gasteiger partial charge on any atom is 0.168 e. The van der Waals surface area contributed by atoms with Gasteiger partial charge in [-0.3, -0.25) is 4.79 Å². The van der Waals surface area contributed by atoms with E-state index in [1.54, 1.807) is 0 Å². The van der Waals surface area contributed by atoms with Crippen molar-refractivity contribution in [3.05, 3.63) is 29.6 Å². The Hall–Kier alpha value is -1.42. The van der Waals surface area contributed by atoms with Crippen LogP contribution in [0.1, 0.15) is 48.9 Å². The number of anilines is 1. The molecule has 1 heterocycles. The topological polar surface area (TPSA) is 52.3 Å². The minimum absolute atomic E-state index is 0.0309. The third-order valence-electron chi connectivity index (χ3n) is 4.66. The number of Topliss-reactive ketones (excluding diaryl/α,β-unsaturated/α-hetero) is 1. The van der Waals surface area contributed by atoms with Gasteiger partial charge in [0.1, 0.15) is 5.82 Å². The zero-order valence-corrected chi connectivity index (χ0v) is 11.5. The number of halogens is 1. The van der Waals surface area contributed by atoms with Crippen LogP contribution >= 0.6 is 0 Å². The standard InChI is InChI=1S/C16H20FNO2/c17-12-3-4-14(18)13(9-12)15(19)11-5-8-20-16(10-11)6-1-2-7-16/h3-4,9,11H,1-2,5-8,10,18H2. The summed E-state index contributed by atoms with van der Waals surface area (Å²) in [4.78, 5) is 12.6. The average molecular weight is 277 g/mol. The Bertz CT molecular complexity index is 523. The van der Waals surface area contributed by atoms with Gasteiger partial charge in [-0.05, 0) is 43.9 Å². The predicted octanol–water partition coefficient (Wildman–Crippen LogP) is 3.33. The lowest BCUT2D eigenvalue weighted by molar-refractivity contribution is -0.0866. The molecule has 0 bridgehead atoms. The van der Waals surface area contributed by atoms with Gasteiger partial charge in [0.05, 0.1) is 5.60 Å². The molecule has 1 aliphatic heterocycles. The van der Waals surface area contributed by atoms with E-state index in [-0.39, 0.29) is 17.3 Å². The molecule has 0 amide bonds. The molecule has 3 nitrogen and oxygen atoms in total. The molecule has 20 heavy (non-hydrogen) atoms. The number of benzene rings is 1. The molecule has 2 aliphatic rings. The fourth-order valence-electron chi connectivity index (χ4n) is 3.58. The van der Waals surface area contributed by atoms with Gasteiger partial charge in [-0.15, -0.1) is 0 Å². The van der Waals surface area contributed by atoms with Gasteiger partial charge in [0.25, 0.3) is 0 Å². The first-order valence-electron chi connectivity index (χ1n) is 7.33. The first-order valence-corrected chi connectivity index (χ1v) is 7.33. The van der Waals surface area contributed by atoms with Crippen LogP contribution in [-0.4, -0.2) is 18.0 Å². The number of rotatable bonds is 2. The number of hydrogen-bond acceptors (Lipinski definition) is 3. The van der Waals surface area contributed by atoms with E-state index >= 15 is 0 Å². The van der Waals surface area contributed by atoms with Gasteiger partial charge in [0.2, 0.25) is 0 Å². The number of nitrogen functional groups attached to an aromatic ring is 1. The van der Waals surface area contributed by atoms with Crippen LogP contribution in [0.4, 0.5) is 10.1 Å². The van der Waals surface area contributed by atoms with Crippen LogP contribution in [0.3, 0.4) is 0 Å². The zero-order chi connectivity index (χ0) is 14.2. The van der Waals surface area contributed by atoms with Crippen molar-refractivity contribution in [2.45, 2.75) is 44.1 Å². The van der Waals surface area contributed by atoms with E-state index in [0.717, 1.165) is 19.3 Å². The number of ether oxygens (including phenoxy) is 1. The quantitative estimate of drug-likeness (QED) is 0.666. The van der Waals surface area contributed by atoms with Gasteiger partial charge in [-0.25, -0.2) is 4.39 Å². The lowest BCUT2D eigenvalue weighted by Crippen LogP contribution is -2.39. The maximum atomic E-state index is 13.3. The van der Waals surface area contributed by atoms with Crippen LogP contribution in [0.15, 0.2) is 18.2 Å². The number of ketones is 1. The van der Waals surface area contributed by atoms with Gasteiger partial charge in [0.15, 0.2) is 5.78 Å². The normalized spacial score (nSPS) is 24.9. The summed E-state index contributed by atoms with van der Waals surface area (Å²) in [6, 6.07) is 4.01. The maximum absolute atomic E-state index is 13.3. The summed E-state index contributed by atoms with van der Waals surface area (Å²) in [5, 5.41) is 0. The summed E-state index contributed by atoms with van der Waals surface area (Å²) in [5.74, 6) is -0.535. The van der Waals surface area contributed by atoms with Crippen molar-refractivity contribution < 1.29 is 13.9 Å². The lowest BCUT2D eigenvalue weighted by atomic mass is 9.80. The van der Waals surface area contributed by atoms with Gasteiger partial charge >= 0.3 is 0 Å². The van der Waals surface area contributed by atoms with Gasteiger partial charge < -0.3 is 10.5 Å². The highest BCUT2D eigenvalue weighted by molar-refractivity contribution is 6.02. The molecule has 0 radical (unpaired) electrons. The molecule has 4 heteroatoms. The van der Waals surface area contributed by atoms with E-state index < -0.39 is 5.82 Å². The van der Waals surface area contributed by atoms with Crippen LogP contribution in [-0.2, 0) is 4.74 Å². The molecular formula is C16H20FNO2. The molecule has 3 rings (SSSR count). The van der Waals surface area contributed by atoms with E-state index in [1.165, 1.54) is 31.0 Å². The molecule has 108 valence electrons. The van der Waals surface area contributed by atoms with E-state index in [2.05, 4.69) is 0 Å². The molecule has 1 unspecified atom stereocenters. The SMILES string of the molecule is Nc1ccc(F)cc1C(=O)C1CCOC2(CCCC2)C1. The summed E-state index contributed by atoms with van der Waals surface area (Å²) in [6.07, 6.45) is 5.87. The third-order valence-corrected chi connectivity index (χ3v) is 4.66. The summed E-state index contributed by atoms with van der Waals surface area (Å²) in [6.45, 7) is 0.617. The Morgan fingerprint density at radius 2 is 2.10 bits per heavy atom. The van der Waals surface area contributed by atoms with E-state index in [0.29, 0.717) is 24.3 Å². The Morgan fingerprint density at radius 3 is 2.85 bits per heavy atom. The Kier molecular flexibility index (Phi) is 3.50. The summed E-state index contributed by atoms with van der Waals surface area (Å²) in [7, 11) is 0. The van der Waals surface area contributed by atoms with Crippen molar-refractivity contribution in [2.75, 3.05) is 12.3 Å². The van der Waals surface area contributed by atoms with Crippen LogP contribution < -0.4 is 5.73 Å². The number of nitrogens with two attached hydrogens (primary N) is 1. The Morgan fingerprint density at radius 1 is 1.35 bits per heavy atom. The second-order valence-electron chi connectivity index (χ2n) is 6.02. The molecule has 1 saturated heterocycles. The van der Waals surface area contributed by atoms with E-state index in [9.17, 15) is 9.18 Å². The predicted molar refractivity (Wildman–Crippen MR) is 75.0 cm³/mol. The number of carbonyl (C=O) groups excluding carboxylic acids is 1. The Balaban J connectivity index is 1.81. The smallest absolute Gasteiger partial charge is 0.168 e. The molecule has 0 aromatic heterocycles. The fraction of sp³-hybridized carbons (Fsp3) is 0.562. The van der Waals surface area contributed by atoms with Gasteiger partial charge in [-0.2, -0.15) is 0 Å². The number of hydrogen-bond donors (Lipinski definition) is 1. The lowest BCUT2D eigenvalue weighted by Gasteiger charge is -2.37. The molecule has 1 saturated carbocycles. The van der Waals surface area contributed by atoms with Crippen LogP contribution in [0.5, 0.6) is 0 Å². The molecule has 2 N–H and O–H groups in total. The van der Waals surface area contributed by atoms with E-state index in [1.807, 2.05) is 0 Å². The monoisotopic (exact) mass is 277 g/mol. The van der Waals surface area contributed by atoms with Crippen molar-refractivity contribution in [2.24, 2.45) is 5.92 Å². The highest BCUT2D eigenvalue weighted by Crippen LogP contribution is 2.43. The second kappa shape index (κ2) is 5.17. The summed E-state index contributed by atoms with van der Waals surface area (Å²) in [5.41, 5.74) is 6.40. The second-order valence-corrected chi connectivity index (χ2v) is 6.02. The van der Waals surface area contributed by atoms with Crippen LogP contribution in [0, 0.1) is 11.7 Å². The van der Waals surface area contributed by atoms with Crippen molar-refractivity contribution >= 4 is 11.5 Å². The highest BCUT2D eigenvalue weighted by atomic mass is 19.1. The average Bonchev–Trinajstić information content (AvgIpc) is 2.88. The largest absolute Gasteiger partial charge is 0.398 e. The molecule has 1 atom stereocenters. The minimum Gasteiger partial charge on any atom is -0.398 e. The van der Waals surface area contributed by atoms with Crippen molar-refractivity contribution in [3.8, 4) is 0 Å². The van der Waals surface area contributed by atoms with E-state index in [4.69, 9.17) is 10.5 Å². The molecular weight excluding hydrogens is 257 g/mol. The molecule has 1 aromatic carbocycles. The van der Waals surface area contributed by atoms with Gasteiger partial charge in [-0.1, -0.05) is 12.8 Å². The zero-order valence-electron chi connectivity index (χ0n) is 11.5. The first kappa shape index (κ1) is 13.6. The molecule has 1 aromatic rings. The molecule has 1 spiro atoms. The van der Waals surface area contributed by atoms with Crippen LogP contribution in [0.2, 0.25) is 0 Å². The first-order chi connectivity index (χ1) is 9.60. The van der Waals surface area contributed by atoms with Crippen molar-refractivity contribution in [3.63, 3.8) is 0 Å². The fourth-order valence-corrected chi connectivity index (χ4v) is 3.58. The number of carbonyl (C=O) groups is 1.